The number of halogens is 3. The average Bonchev–Trinajstić information content (AvgIpc) is 3.32. The lowest BCUT2D eigenvalue weighted by atomic mass is 9.99. The van der Waals surface area contributed by atoms with Gasteiger partial charge in [-0.05, 0) is 61.1 Å². The normalized spacial score (nSPS) is 17.9. The first-order valence-electron chi connectivity index (χ1n) is 22.1. The minimum atomic E-state index is -5.08. The lowest BCUT2D eigenvalue weighted by Crippen LogP contribution is -2.59. The molecule has 26 nitrogen and oxygen atoms in total. The summed E-state index contributed by atoms with van der Waals surface area (Å²) >= 11 is 0. The van der Waals surface area contributed by atoms with E-state index in [1.807, 2.05) is 0 Å². The molecule has 6 amide bonds. The van der Waals surface area contributed by atoms with Crippen LogP contribution in [0.4, 0.5) is 19.0 Å². The Kier molecular flexibility index (Phi) is 23.1. The number of nitrogens with zero attached hydrogens (tertiary/aromatic N) is 3. The second kappa shape index (κ2) is 28.6. The van der Waals surface area contributed by atoms with E-state index >= 15 is 0 Å². The molecule has 1 fully saturated rings. The molecule has 0 radical (unpaired) electrons. The largest absolute Gasteiger partial charge is 0.494 e. The summed E-state index contributed by atoms with van der Waals surface area (Å²) in [6.45, 7) is 3.25. The number of pyridine rings is 1. The first-order chi connectivity index (χ1) is 34.7. The van der Waals surface area contributed by atoms with E-state index in [0.29, 0.717) is 17.7 Å². The van der Waals surface area contributed by atoms with Crippen LogP contribution in [0.15, 0.2) is 81.8 Å². The molecule has 1 saturated heterocycles. The molecule has 2 heterocycles. The molecular formula is C44H55F3N12O14S. The number of nitrogens with one attached hydrogen (secondary N) is 7. The summed E-state index contributed by atoms with van der Waals surface area (Å²) < 4.78 is 70.1. The molecule has 2 unspecified atom stereocenters. The molecule has 1 aliphatic rings. The molecule has 1 aliphatic heterocycles. The Bertz CT molecular complexity index is 2640. The maximum absolute atomic E-state index is 13.8. The highest BCUT2D eigenvalue weighted by Crippen LogP contribution is 2.17. The van der Waals surface area contributed by atoms with Gasteiger partial charge in [-0.1, -0.05) is 44.2 Å². The van der Waals surface area contributed by atoms with Crippen LogP contribution in [0.1, 0.15) is 61.0 Å². The SMILES string of the molecule is CC(C)C1NC(=O)C(CCCN=C(N)N)NC(=O)CNC(=O)[C@@H](CC(=O)O)NC(=O)[C@@H](Cc2ccc(OCCCNC(=O)c3ccc(NN=Cc4ccccc4S(=O)(=O)O)nc3)cc2)NC1=O.O=C(O)C(F)(F)F. The van der Waals surface area contributed by atoms with Crippen LogP contribution in [-0.4, -0.2) is 144 Å². The monoisotopic (exact) mass is 1060 g/mol. The Hall–Kier alpha value is -8.41. The Morgan fingerprint density at radius 2 is 1.53 bits per heavy atom. The zero-order valence-electron chi connectivity index (χ0n) is 39.5. The third-order valence-corrected chi connectivity index (χ3v) is 10.9. The number of aliphatic carboxylic acids is 2. The van der Waals surface area contributed by atoms with Crippen LogP contribution in [0.5, 0.6) is 5.75 Å². The highest BCUT2D eigenvalue weighted by molar-refractivity contribution is 7.86. The van der Waals surface area contributed by atoms with Gasteiger partial charge >= 0.3 is 18.1 Å². The summed E-state index contributed by atoms with van der Waals surface area (Å²) in [5.74, 6) is -8.72. The minimum Gasteiger partial charge on any atom is -0.494 e. The number of carboxylic acids is 2. The molecule has 30 heteroatoms. The molecule has 14 N–H and O–H groups in total. The van der Waals surface area contributed by atoms with E-state index in [1.54, 1.807) is 44.2 Å². The van der Waals surface area contributed by atoms with Crippen molar-refractivity contribution >= 4 is 75.5 Å². The number of guanidine groups is 1. The first kappa shape index (κ1) is 59.9. The van der Waals surface area contributed by atoms with E-state index in [-0.39, 0.29) is 66.8 Å². The molecule has 1 aromatic heterocycles. The highest BCUT2D eigenvalue weighted by Gasteiger charge is 2.38. The van der Waals surface area contributed by atoms with Crippen LogP contribution < -0.4 is 53.5 Å². The van der Waals surface area contributed by atoms with Gasteiger partial charge in [0.25, 0.3) is 16.0 Å². The van der Waals surface area contributed by atoms with E-state index < -0.39 is 107 Å². The maximum Gasteiger partial charge on any atom is 0.490 e. The lowest BCUT2D eigenvalue weighted by molar-refractivity contribution is -0.192. The van der Waals surface area contributed by atoms with E-state index in [1.165, 1.54) is 42.7 Å². The number of amides is 6. The second-order valence-corrected chi connectivity index (χ2v) is 17.6. The van der Waals surface area contributed by atoms with E-state index in [2.05, 4.69) is 52.4 Å². The quantitative estimate of drug-likeness (QED) is 0.0234. The zero-order chi connectivity index (χ0) is 55.2. The van der Waals surface area contributed by atoms with Gasteiger partial charge in [0.2, 0.25) is 29.5 Å². The molecule has 0 bridgehead atoms. The zero-order valence-corrected chi connectivity index (χ0v) is 40.4. The minimum absolute atomic E-state index is 0.0473. The number of aromatic nitrogens is 1. The van der Waals surface area contributed by atoms with Crippen molar-refractivity contribution in [3.63, 3.8) is 0 Å². The third kappa shape index (κ3) is 21.1. The van der Waals surface area contributed by atoms with Gasteiger partial charge in [0.05, 0.1) is 31.4 Å². The van der Waals surface area contributed by atoms with Crippen molar-refractivity contribution in [3.05, 3.63) is 83.6 Å². The molecule has 4 atom stereocenters. The van der Waals surface area contributed by atoms with Crippen LogP contribution in [0.25, 0.3) is 0 Å². The summed E-state index contributed by atoms with van der Waals surface area (Å²) in [5.41, 5.74) is 14.3. The average molecular weight is 1070 g/mol. The van der Waals surface area contributed by atoms with Crippen molar-refractivity contribution in [3.8, 4) is 5.75 Å². The van der Waals surface area contributed by atoms with Gasteiger partial charge in [-0.2, -0.15) is 26.7 Å². The number of benzene rings is 2. The summed E-state index contributed by atoms with van der Waals surface area (Å²) in [6, 6.07) is 9.85. The number of ether oxygens (including phenoxy) is 1. The number of hydrazone groups is 1. The van der Waals surface area contributed by atoms with Crippen molar-refractivity contribution in [2.24, 2.45) is 27.5 Å². The molecular weight excluding hydrogens is 1010 g/mol. The molecule has 2 aromatic carbocycles. The first-order valence-corrected chi connectivity index (χ1v) is 23.6. The summed E-state index contributed by atoms with van der Waals surface area (Å²) in [7, 11) is -4.45. The van der Waals surface area contributed by atoms with Gasteiger partial charge in [-0.15, -0.1) is 0 Å². The van der Waals surface area contributed by atoms with Crippen molar-refractivity contribution in [1.82, 2.24) is 36.9 Å². The van der Waals surface area contributed by atoms with E-state index in [9.17, 15) is 64.8 Å². The van der Waals surface area contributed by atoms with Gasteiger partial charge in [-0.25, -0.2) is 9.78 Å². The second-order valence-electron chi connectivity index (χ2n) is 16.2. The third-order valence-electron chi connectivity index (χ3n) is 10.00. The maximum atomic E-state index is 13.8. The number of carbonyl (C=O) groups excluding carboxylic acids is 6. The van der Waals surface area contributed by atoms with E-state index in [4.69, 9.17) is 26.1 Å². The number of nitrogens with two attached hydrogens (primary N) is 2. The van der Waals surface area contributed by atoms with Gasteiger partial charge in [0, 0.05) is 31.3 Å². The highest BCUT2D eigenvalue weighted by atomic mass is 32.2. The number of rotatable bonds is 19. The van der Waals surface area contributed by atoms with Crippen LogP contribution in [0.2, 0.25) is 0 Å². The van der Waals surface area contributed by atoms with Crippen LogP contribution in [0.3, 0.4) is 0 Å². The van der Waals surface area contributed by atoms with Gasteiger partial charge < -0.3 is 58.3 Å². The Morgan fingerprint density at radius 1 is 0.878 bits per heavy atom. The molecule has 0 aliphatic carbocycles. The number of hydrogen-bond acceptors (Lipinski definition) is 15. The van der Waals surface area contributed by atoms with Crippen LogP contribution in [-0.2, 0) is 50.1 Å². The number of hydrogen-bond donors (Lipinski definition) is 12. The molecule has 402 valence electrons. The number of alkyl halides is 3. The summed E-state index contributed by atoms with van der Waals surface area (Å²) in [6.07, 6.45) is -2.83. The predicted molar refractivity (Wildman–Crippen MR) is 256 cm³/mol. The summed E-state index contributed by atoms with van der Waals surface area (Å²) in [5, 5.41) is 35.8. The van der Waals surface area contributed by atoms with Gasteiger partial charge in [-0.3, -0.25) is 48.5 Å². The Morgan fingerprint density at radius 3 is 2.12 bits per heavy atom. The number of aliphatic imine (C=N–C) groups is 1. The predicted octanol–water partition coefficient (Wildman–Crippen LogP) is -0.598. The van der Waals surface area contributed by atoms with E-state index in [0.717, 1.165) is 0 Å². The van der Waals surface area contributed by atoms with Crippen molar-refractivity contribution in [1.29, 1.82) is 0 Å². The number of carboxylic acid groups (broad SMARTS) is 2. The fourth-order valence-electron chi connectivity index (χ4n) is 6.33. The molecule has 3 aromatic rings. The number of carbonyl (C=O) groups is 8. The molecule has 4 rings (SSSR count). The van der Waals surface area contributed by atoms with Gasteiger partial charge in [0.1, 0.15) is 40.6 Å². The lowest BCUT2D eigenvalue weighted by Gasteiger charge is -2.27. The fraction of sp³-hybridized carbons (Fsp3) is 0.386. The van der Waals surface area contributed by atoms with Gasteiger partial charge in [0.15, 0.2) is 5.96 Å². The molecule has 74 heavy (non-hydrogen) atoms. The fourth-order valence-corrected chi connectivity index (χ4v) is 7.00. The smallest absolute Gasteiger partial charge is 0.490 e. The molecule has 0 spiro atoms. The van der Waals surface area contributed by atoms with Crippen LogP contribution >= 0.6 is 0 Å². The number of anilines is 1. The Labute approximate surface area is 420 Å². The van der Waals surface area contributed by atoms with Crippen molar-refractivity contribution < 1.29 is 79.4 Å². The van der Waals surface area contributed by atoms with Crippen molar-refractivity contribution in [2.45, 2.75) is 81.2 Å². The standard InChI is InChI=1S/C42H54N12O12S.C2HF3O2/c1-24(2)36-41(62)52-30(40(61)51-31(20-35(56)57)38(59)48-23-34(55)50-29(39(60)53-36)8-5-16-46-42(43)44)19-25-10-13-28(14-11-25)66-18-6-17-45-37(58)27-12-15-33(47-21-27)54-49-22-26-7-3-4-9-32(26)67(63,64)65;3-2(4,5)1(6)7/h3-4,7,9-15,21-22,24,29-31,36H,5-6,8,16-20,23H2,1-2H3,(H,45,58)(H,47,54)(H,48,59)(H,50,55)(H,51,61)(H,52,62)(H,53,60)(H,56,57)(H4,43,44,46)(H,63,64,65);(H,6,7)/t29?,30-,31-,36?;/m1./s1. The van der Waals surface area contributed by atoms with Crippen molar-refractivity contribution in [2.75, 3.05) is 31.7 Å². The van der Waals surface area contributed by atoms with Crippen LogP contribution in [0, 0.1) is 5.92 Å². The summed E-state index contributed by atoms with van der Waals surface area (Å²) in [4.78, 5) is 108. The Balaban J connectivity index is 0.00000192. The topological polar surface area (TPSA) is 414 Å². The molecule has 0 saturated carbocycles.